The van der Waals surface area contributed by atoms with Crippen molar-refractivity contribution < 1.29 is 4.74 Å². The summed E-state index contributed by atoms with van der Waals surface area (Å²) in [6, 6.07) is 11.9. The maximum Gasteiger partial charge on any atom is 0.156 e. The molecular formula is C26H26ClN7O. The minimum Gasteiger partial charge on any atom is -0.387 e. The number of hydrogen-bond donors (Lipinski definition) is 2. The number of ether oxygens (including phenoxy) is 1. The average molecular weight is 488 g/mol. The Balaban J connectivity index is 1.59. The van der Waals surface area contributed by atoms with Crippen LogP contribution in [0.4, 0.5) is 5.69 Å². The van der Waals surface area contributed by atoms with E-state index in [1.165, 1.54) is 0 Å². The predicted molar refractivity (Wildman–Crippen MR) is 140 cm³/mol. The van der Waals surface area contributed by atoms with Crippen molar-refractivity contribution in [3.63, 3.8) is 0 Å². The second-order valence-electron chi connectivity index (χ2n) is 9.08. The molecule has 178 valence electrons. The number of aryl methyl sites for hydroxylation is 1. The van der Waals surface area contributed by atoms with Crippen LogP contribution in [0, 0.1) is 18.3 Å². The number of nitrogens with two attached hydrogens (primary N) is 1. The van der Waals surface area contributed by atoms with Gasteiger partial charge in [-0.05, 0) is 44.0 Å². The molecule has 0 radical (unpaired) electrons. The van der Waals surface area contributed by atoms with Crippen LogP contribution in [0.15, 0.2) is 47.6 Å². The number of nitrogens with zero attached hydrogens (tertiary/aromatic N) is 5. The normalized spacial score (nSPS) is 16.9. The Morgan fingerprint density at radius 2 is 1.97 bits per heavy atom. The summed E-state index contributed by atoms with van der Waals surface area (Å²) in [6.45, 7) is 4.88. The highest BCUT2D eigenvalue weighted by Gasteiger charge is 2.27. The molecule has 0 amide bonds. The Morgan fingerprint density at radius 1 is 1.17 bits per heavy atom. The van der Waals surface area contributed by atoms with E-state index in [2.05, 4.69) is 25.5 Å². The molecule has 6 rings (SSSR count). The van der Waals surface area contributed by atoms with E-state index in [9.17, 15) is 0 Å². The summed E-state index contributed by atoms with van der Waals surface area (Å²) < 4.78 is 7.68. The van der Waals surface area contributed by atoms with Gasteiger partial charge in [0.05, 0.1) is 35.0 Å². The van der Waals surface area contributed by atoms with Gasteiger partial charge in [0.2, 0.25) is 0 Å². The number of aromatic nitrogens is 3. The molecule has 0 unspecified atom stereocenters. The third-order valence-electron chi connectivity index (χ3n) is 6.72. The van der Waals surface area contributed by atoms with Gasteiger partial charge in [0.25, 0.3) is 0 Å². The summed E-state index contributed by atoms with van der Waals surface area (Å²) in [5.74, 6) is 1.77. The van der Waals surface area contributed by atoms with Crippen LogP contribution in [0.5, 0.6) is 0 Å². The minimum atomic E-state index is 0.141. The summed E-state index contributed by atoms with van der Waals surface area (Å²) in [4.78, 5) is 16.2. The highest BCUT2D eigenvalue weighted by Crippen LogP contribution is 2.34. The van der Waals surface area contributed by atoms with Gasteiger partial charge in [0.1, 0.15) is 17.2 Å². The number of anilines is 1. The zero-order valence-corrected chi connectivity index (χ0v) is 20.2. The fourth-order valence-electron chi connectivity index (χ4n) is 4.75. The molecule has 2 aromatic heterocycles. The van der Waals surface area contributed by atoms with Gasteiger partial charge in [-0.2, -0.15) is 0 Å². The maximum absolute atomic E-state index is 8.83. The first kappa shape index (κ1) is 22.0. The van der Waals surface area contributed by atoms with Crippen LogP contribution in [-0.2, 0) is 4.74 Å². The van der Waals surface area contributed by atoms with Gasteiger partial charge in [-0.1, -0.05) is 23.7 Å². The number of para-hydroxylation sites is 1. The number of rotatable bonds is 4. The van der Waals surface area contributed by atoms with Gasteiger partial charge in [-0.3, -0.25) is 15.0 Å². The Labute approximate surface area is 207 Å². The third-order valence-corrected chi connectivity index (χ3v) is 7.03. The monoisotopic (exact) mass is 487 g/mol. The van der Waals surface area contributed by atoms with Gasteiger partial charge < -0.3 is 15.4 Å². The van der Waals surface area contributed by atoms with Crippen LogP contribution >= 0.6 is 11.6 Å². The fourth-order valence-corrected chi connectivity index (χ4v) is 4.97. The van der Waals surface area contributed by atoms with Crippen molar-refractivity contribution in [2.24, 2.45) is 16.6 Å². The lowest BCUT2D eigenvalue weighted by Gasteiger charge is -2.29. The number of hydrogen-bond acceptors (Lipinski definition) is 5. The van der Waals surface area contributed by atoms with Crippen LogP contribution in [-0.4, -0.2) is 52.5 Å². The molecule has 1 aliphatic carbocycles. The number of halogens is 1. The van der Waals surface area contributed by atoms with Gasteiger partial charge in [-0.25, -0.2) is 9.98 Å². The maximum atomic E-state index is 8.83. The lowest BCUT2D eigenvalue weighted by Crippen LogP contribution is -2.36. The third kappa shape index (κ3) is 3.92. The second-order valence-corrected chi connectivity index (χ2v) is 9.49. The number of pyridine rings is 1. The summed E-state index contributed by atoms with van der Waals surface area (Å²) in [7, 11) is 0. The molecule has 3 heterocycles. The molecule has 0 spiro atoms. The van der Waals surface area contributed by atoms with Gasteiger partial charge in [0.15, 0.2) is 5.84 Å². The van der Waals surface area contributed by atoms with Gasteiger partial charge in [-0.15, -0.1) is 0 Å². The number of fused-ring (bicyclic) bond motifs is 2. The number of amidine groups is 2. The zero-order chi connectivity index (χ0) is 24.1. The molecule has 1 aliphatic heterocycles. The summed E-state index contributed by atoms with van der Waals surface area (Å²) in [5, 5.41) is 10.4. The number of nitrogens with one attached hydrogen (secondary N) is 1. The van der Waals surface area contributed by atoms with Crippen LogP contribution in [0.1, 0.15) is 24.2 Å². The minimum absolute atomic E-state index is 0.141. The largest absolute Gasteiger partial charge is 0.387 e. The highest BCUT2D eigenvalue weighted by molar-refractivity contribution is 6.35. The van der Waals surface area contributed by atoms with E-state index < -0.39 is 0 Å². The molecule has 2 aliphatic rings. The van der Waals surface area contributed by atoms with Crippen LogP contribution in [0.2, 0.25) is 5.02 Å². The Hall–Kier alpha value is -3.49. The van der Waals surface area contributed by atoms with Crippen molar-refractivity contribution in [2.45, 2.75) is 19.8 Å². The van der Waals surface area contributed by atoms with Crippen molar-refractivity contribution in [3.05, 3.63) is 59.0 Å². The molecule has 0 bridgehead atoms. The first-order valence-electron chi connectivity index (χ1n) is 11.8. The standard InChI is InChI=1S/C26H26ClN7O/c1-15-31-24-19(26(29)32-25(28)16-5-6-16)13-17(33-9-11-35-12-10-33)14-22(24)34(15)21-7-8-30-23-18(21)3-2-4-20(23)27/h2-4,7-8,13-14,16H,5-6,9-12H2,1H3,(H3,28,29,32). The summed E-state index contributed by atoms with van der Waals surface area (Å²) in [5.41, 5.74) is 11.2. The van der Waals surface area contributed by atoms with Gasteiger partial charge in [0, 0.05) is 41.8 Å². The van der Waals surface area contributed by atoms with Gasteiger partial charge >= 0.3 is 0 Å². The van der Waals surface area contributed by atoms with E-state index in [1.807, 2.05) is 37.3 Å². The van der Waals surface area contributed by atoms with E-state index >= 15 is 0 Å². The average Bonchev–Trinajstić information content (AvgIpc) is 3.67. The van der Waals surface area contributed by atoms with Crippen molar-refractivity contribution in [2.75, 3.05) is 31.2 Å². The van der Waals surface area contributed by atoms with E-state index in [1.54, 1.807) is 6.20 Å². The number of benzene rings is 2. The van der Waals surface area contributed by atoms with E-state index in [0.717, 1.165) is 65.1 Å². The molecule has 2 aromatic carbocycles. The van der Waals surface area contributed by atoms with Crippen molar-refractivity contribution in [1.82, 2.24) is 14.5 Å². The fraction of sp³-hybridized carbons (Fsp3) is 0.308. The van der Waals surface area contributed by atoms with E-state index in [4.69, 9.17) is 32.5 Å². The first-order chi connectivity index (χ1) is 17.0. The Morgan fingerprint density at radius 3 is 2.74 bits per heavy atom. The van der Waals surface area contributed by atoms with Crippen LogP contribution < -0.4 is 10.6 Å². The topological polar surface area (TPSA) is 105 Å². The van der Waals surface area contributed by atoms with Crippen LogP contribution in [0.3, 0.4) is 0 Å². The molecule has 1 saturated heterocycles. The SMILES string of the molecule is Cc1nc2c(C(=N)N=C(N)C3CC3)cc(N3CCOCC3)cc2n1-c1ccnc2c(Cl)cccc12. The lowest BCUT2D eigenvalue weighted by atomic mass is 10.1. The molecule has 4 aromatic rings. The predicted octanol–water partition coefficient (Wildman–Crippen LogP) is 4.46. The smallest absolute Gasteiger partial charge is 0.156 e. The number of imidazole rings is 1. The Bertz CT molecular complexity index is 1500. The molecule has 8 nitrogen and oxygen atoms in total. The molecule has 0 atom stereocenters. The molecule has 35 heavy (non-hydrogen) atoms. The lowest BCUT2D eigenvalue weighted by molar-refractivity contribution is 0.122. The summed E-state index contributed by atoms with van der Waals surface area (Å²) in [6.07, 6.45) is 3.85. The first-order valence-corrected chi connectivity index (χ1v) is 12.2. The van der Waals surface area contributed by atoms with E-state index in [-0.39, 0.29) is 5.84 Å². The van der Waals surface area contributed by atoms with E-state index in [0.29, 0.717) is 35.6 Å². The quantitative estimate of drug-likeness (QED) is 0.326. The highest BCUT2D eigenvalue weighted by atomic mass is 35.5. The van der Waals surface area contributed by atoms with Crippen LogP contribution in [0.25, 0.3) is 27.6 Å². The molecule has 1 saturated carbocycles. The molecule has 9 heteroatoms. The Kier molecular flexibility index (Phi) is 5.42. The van der Waals surface area contributed by atoms with Crippen molar-refractivity contribution in [1.29, 1.82) is 5.41 Å². The van der Waals surface area contributed by atoms with Crippen molar-refractivity contribution >= 4 is 50.9 Å². The number of morpholine rings is 1. The van der Waals surface area contributed by atoms with Crippen molar-refractivity contribution in [3.8, 4) is 5.69 Å². The number of aliphatic imine (C=N–C) groups is 1. The zero-order valence-electron chi connectivity index (χ0n) is 19.5. The molecule has 3 N–H and O–H groups in total. The molecule has 2 fully saturated rings. The summed E-state index contributed by atoms with van der Waals surface area (Å²) >= 11 is 6.46. The molecular weight excluding hydrogens is 462 g/mol. The second kappa shape index (κ2) is 8.62.